The van der Waals surface area contributed by atoms with Crippen LogP contribution >= 0.6 is 11.8 Å². The number of amides is 2. The lowest BCUT2D eigenvalue weighted by atomic mass is 10.1. The zero-order chi connectivity index (χ0) is 25.1. The first-order chi connectivity index (χ1) is 17.5. The van der Waals surface area contributed by atoms with Crippen LogP contribution in [0.15, 0.2) is 69.5 Å². The van der Waals surface area contributed by atoms with E-state index < -0.39 is 6.04 Å². The minimum atomic E-state index is -0.605. The van der Waals surface area contributed by atoms with Gasteiger partial charge in [-0.05, 0) is 37.1 Å². The van der Waals surface area contributed by atoms with Gasteiger partial charge >= 0.3 is 0 Å². The maximum atomic E-state index is 13.0. The topological polar surface area (TPSA) is 108 Å². The number of carbonyl (C=O) groups is 2. The van der Waals surface area contributed by atoms with Crippen LogP contribution in [0.5, 0.6) is 0 Å². The lowest BCUT2D eigenvalue weighted by molar-refractivity contribution is -0.122. The molecule has 0 spiro atoms. The Labute approximate surface area is 212 Å². The van der Waals surface area contributed by atoms with Crippen LogP contribution in [0.2, 0.25) is 0 Å². The Morgan fingerprint density at radius 2 is 1.94 bits per heavy atom. The fraction of sp³-hybridized carbons (Fsp3) is 0.308. The Kier molecular flexibility index (Phi) is 6.95. The van der Waals surface area contributed by atoms with Crippen molar-refractivity contribution in [2.24, 2.45) is 9.98 Å². The van der Waals surface area contributed by atoms with Crippen LogP contribution in [0.4, 0.5) is 5.69 Å². The number of amidine groups is 2. The number of hydrogen-bond donors (Lipinski definition) is 1. The summed E-state index contributed by atoms with van der Waals surface area (Å²) in [4.78, 5) is 53.4. The van der Waals surface area contributed by atoms with Gasteiger partial charge in [-0.2, -0.15) is 4.99 Å². The summed E-state index contributed by atoms with van der Waals surface area (Å²) in [6, 6.07) is 13.9. The quantitative estimate of drug-likeness (QED) is 0.474. The van der Waals surface area contributed by atoms with Crippen molar-refractivity contribution in [1.82, 2.24) is 19.6 Å². The highest BCUT2D eigenvalue weighted by Crippen LogP contribution is 2.35. The Hall–Kier alpha value is -3.79. The van der Waals surface area contributed by atoms with Gasteiger partial charge in [0.25, 0.3) is 11.5 Å². The number of unbranched alkanes of at least 4 members (excludes halogenated alkanes) is 1. The highest BCUT2D eigenvalue weighted by atomic mass is 32.2. The van der Waals surface area contributed by atoms with E-state index in [9.17, 15) is 14.4 Å². The standard InChI is InChI=1S/C26H26N6O3S/c1-2-3-13-27-22(33)12-11-20-25(35)30-24-18-8-4-5-9-19(18)29-26(32(20)24)36-16-17-15-23(34)31-14-7-6-10-21(31)28-17/h4-10,14-15,20H,2-3,11-13,16H2,1H3,(H,27,33). The van der Waals surface area contributed by atoms with E-state index in [-0.39, 0.29) is 23.8 Å². The van der Waals surface area contributed by atoms with E-state index in [4.69, 9.17) is 4.99 Å². The van der Waals surface area contributed by atoms with Crippen LogP contribution in [-0.2, 0) is 15.3 Å². The number of carbonyl (C=O) groups excluding carboxylic acids is 2. The molecule has 4 heterocycles. The number of nitrogens with one attached hydrogen (secondary N) is 1. The van der Waals surface area contributed by atoms with E-state index in [1.165, 1.54) is 22.2 Å². The predicted molar refractivity (Wildman–Crippen MR) is 141 cm³/mol. The average Bonchev–Trinajstić information content (AvgIpc) is 3.22. The number of para-hydroxylation sites is 1. The summed E-state index contributed by atoms with van der Waals surface area (Å²) in [7, 11) is 0. The lowest BCUT2D eigenvalue weighted by Crippen LogP contribution is -2.44. The molecular formula is C26H26N6O3S. The molecule has 1 aromatic carbocycles. The molecule has 5 rings (SSSR count). The van der Waals surface area contributed by atoms with Crippen molar-refractivity contribution in [3.63, 3.8) is 0 Å². The number of nitrogens with zero attached hydrogens (tertiary/aromatic N) is 5. The van der Waals surface area contributed by atoms with Crippen molar-refractivity contribution in [2.75, 3.05) is 6.54 Å². The second kappa shape index (κ2) is 10.4. The second-order valence-electron chi connectivity index (χ2n) is 8.62. The van der Waals surface area contributed by atoms with E-state index in [0.717, 1.165) is 24.1 Å². The molecule has 36 heavy (non-hydrogen) atoms. The third kappa shape index (κ3) is 4.81. The van der Waals surface area contributed by atoms with Gasteiger partial charge in [-0.25, -0.2) is 9.98 Å². The summed E-state index contributed by atoms with van der Waals surface area (Å²) < 4.78 is 1.49. The van der Waals surface area contributed by atoms with Crippen LogP contribution in [0.3, 0.4) is 0 Å². The molecule has 1 unspecified atom stereocenters. The Morgan fingerprint density at radius 3 is 2.81 bits per heavy atom. The third-order valence-corrected chi connectivity index (χ3v) is 7.06. The van der Waals surface area contributed by atoms with E-state index in [0.29, 0.717) is 41.1 Å². The van der Waals surface area contributed by atoms with Crippen LogP contribution in [0, 0.1) is 0 Å². The number of aromatic nitrogens is 2. The van der Waals surface area contributed by atoms with Crippen LogP contribution < -0.4 is 10.9 Å². The number of pyridine rings is 1. The average molecular weight is 503 g/mol. The first-order valence-electron chi connectivity index (χ1n) is 12.0. The molecule has 184 valence electrons. The van der Waals surface area contributed by atoms with Crippen molar-refractivity contribution < 1.29 is 9.59 Å². The monoisotopic (exact) mass is 502 g/mol. The molecule has 2 aliphatic rings. The van der Waals surface area contributed by atoms with Gasteiger partial charge in [-0.15, -0.1) is 0 Å². The highest BCUT2D eigenvalue weighted by molar-refractivity contribution is 8.13. The minimum absolute atomic E-state index is 0.0749. The molecule has 2 amide bonds. The second-order valence-corrected chi connectivity index (χ2v) is 9.56. The summed E-state index contributed by atoms with van der Waals surface area (Å²) >= 11 is 1.40. The fourth-order valence-electron chi connectivity index (χ4n) is 4.25. The molecule has 0 fully saturated rings. The van der Waals surface area contributed by atoms with Crippen molar-refractivity contribution in [2.45, 2.75) is 44.4 Å². The van der Waals surface area contributed by atoms with Crippen molar-refractivity contribution in [1.29, 1.82) is 0 Å². The van der Waals surface area contributed by atoms with Gasteiger partial charge in [-0.3, -0.25) is 23.7 Å². The molecule has 1 atom stereocenters. The van der Waals surface area contributed by atoms with Gasteiger partial charge in [0.15, 0.2) is 5.17 Å². The Bertz CT molecular complexity index is 1450. The number of aliphatic imine (C=N–C) groups is 2. The van der Waals surface area contributed by atoms with Crippen molar-refractivity contribution in [3.05, 3.63) is 76.3 Å². The van der Waals surface area contributed by atoms with Gasteiger partial charge in [0.1, 0.15) is 17.5 Å². The Morgan fingerprint density at radius 1 is 1.11 bits per heavy atom. The molecular weight excluding hydrogens is 476 g/mol. The van der Waals surface area contributed by atoms with Gasteiger partial charge in [0.05, 0.1) is 11.4 Å². The Balaban J connectivity index is 1.39. The van der Waals surface area contributed by atoms with Crippen LogP contribution in [0.1, 0.15) is 43.9 Å². The minimum Gasteiger partial charge on any atom is -0.356 e. The third-order valence-electron chi connectivity index (χ3n) is 6.08. The number of rotatable bonds is 8. The van der Waals surface area contributed by atoms with E-state index in [1.54, 1.807) is 18.3 Å². The molecule has 3 aromatic rings. The molecule has 0 saturated heterocycles. The summed E-state index contributed by atoms with van der Waals surface area (Å²) in [5, 5.41) is 3.51. The maximum absolute atomic E-state index is 13.0. The summed E-state index contributed by atoms with van der Waals surface area (Å²) in [5.41, 5.74) is 2.55. The molecule has 2 aromatic heterocycles. The smallest absolute Gasteiger partial charge is 0.270 e. The number of fused-ring (bicyclic) bond motifs is 4. The summed E-state index contributed by atoms with van der Waals surface area (Å²) in [6.07, 6.45) is 4.17. The van der Waals surface area contributed by atoms with Gasteiger partial charge in [0.2, 0.25) is 5.91 Å². The molecule has 10 heteroatoms. The first-order valence-corrected chi connectivity index (χ1v) is 13.0. The zero-order valence-corrected chi connectivity index (χ0v) is 20.7. The number of benzene rings is 1. The first kappa shape index (κ1) is 23.9. The van der Waals surface area contributed by atoms with Gasteiger partial charge < -0.3 is 5.32 Å². The number of thioether (sulfide) groups is 1. The molecule has 9 nitrogen and oxygen atoms in total. The van der Waals surface area contributed by atoms with Crippen molar-refractivity contribution >= 4 is 45.9 Å². The van der Waals surface area contributed by atoms with Gasteiger partial charge in [-0.1, -0.05) is 43.3 Å². The van der Waals surface area contributed by atoms with E-state index in [2.05, 4.69) is 22.2 Å². The summed E-state index contributed by atoms with van der Waals surface area (Å²) in [5.74, 6) is 0.590. The van der Waals surface area contributed by atoms with Crippen LogP contribution in [0.25, 0.3) is 5.65 Å². The largest absolute Gasteiger partial charge is 0.356 e. The molecule has 0 aliphatic carbocycles. The molecule has 0 radical (unpaired) electrons. The lowest BCUT2D eigenvalue weighted by Gasteiger charge is -2.31. The predicted octanol–water partition coefficient (Wildman–Crippen LogP) is 3.28. The summed E-state index contributed by atoms with van der Waals surface area (Å²) in [6.45, 7) is 2.70. The van der Waals surface area contributed by atoms with Crippen molar-refractivity contribution in [3.8, 4) is 0 Å². The normalized spacial score (nSPS) is 16.4. The van der Waals surface area contributed by atoms with Crippen LogP contribution in [-0.4, -0.2) is 49.7 Å². The maximum Gasteiger partial charge on any atom is 0.270 e. The number of hydrogen-bond acceptors (Lipinski definition) is 7. The highest BCUT2D eigenvalue weighted by Gasteiger charge is 2.41. The molecule has 0 bridgehead atoms. The SMILES string of the molecule is CCCCNC(=O)CCC1C(=O)N=C2c3ccccc3N=C(SCc3cc(=O)n4ccccc4n3)N21. The molecule has 0 saturated carbocycles. The fourth-order valence-corrected chi connectivity index (χ4v) is 5.19. The zero-order valence-electron chi connectivity index (χ0n) is 19.9. The molecule has 2 aliphatic heterocycles. The molecule has 1 N–H and O–H groups in total. The van der Waals surface area contributed by atoms with E-state index >= 15 is 0 Å². The van der Waals surface area contributed by atoms with E-state index in [1.807, 2.05) is 35.2 Å². The van der Waals surface area contributed by atoms with Gasteiger partial charge in [0, 0.05) is 36.5 Å².